The predicted octanol–water partition coefficient (Wildman–Crippen LogP) is 3.39. The van der Waals surface area contributed by atoms with Crippen molar-refractivity contribution in [1.82, 2.24) is 4.98 Å². The summed E-state index contributed by atoms with van der Waals surface area (Å²) in [5.74, 6) is 6.62. The van der Waals surface area contributed by atoms with Crippen LogP contribution in [0, 0.1) is 5.92 Å². The van der Waals surface area contributed by atoms with E-state index in [9.17, 15) is 8.42 Å². The van der Waals surface area contributed by atoms with Gasteiger partial charge in [0.05, 0.1) is 12.4 Å². The van der Waals surface area contributed by atoms with Crippen LogP contribution in [0.3, 0.4) is 0 Å². The third kappa shape index (κ3) is 15.5. The van der Waals surface area contributed by atoms with Crippen molar-refractivity contribution in [3.05, 3.63) is 23.0 Å². The van der Waals surface area contributed by atoms with Gasteiger partial charge in [-0.1, -0.05) is 90.0 Å². The maximum atomic E-state index is 11.1. The topological polar surface area (TPSA) is 116 Å². The van der Waals surface area contributed by atoms with Crippen LogP contribution in [-0.2, 0) is 10.1 Å². The summed E-state index contributed by atoms with van der Waals surface area (Å²) in [7, 11) is -3.85. The summed E-state index contributed by atoms with van der Waals surface area (Å²) >= 11 is 1.46. The van der Waals surface area contributed by atoms with Gasteiger partial charge in [0.2, 0.25) is 0 Å². The molecule has 0 saturated carbocycles. The summed E-state index contributed by atoms with van der Waals surface area (Å²) in [5.41, 5.74) is 0.888. The molecule has 2 aromatic rings. The standard InChI is InChI=1S/C26H44N3O4S2.K/c1-2-3-4-5-7-10-14-22(16-13-20-35(30,31)32)15-11-8-6-9-12-19-33-23-17-18-24-25(21-23)34-26(28-24)29-27;/h17-18,21-22H,2-16,19-20,27H2,1H3,(H-,28,29,30,31,32);/q-1;+1. The first kappa shape index (κ1) is 34.1. The van der Waals surface area contributed by atoms with Crippen molar-refractivity contribution in [1.29, 1.82) is 0 Å². The SMILES string of the molecule is CCCCCCCCC(CCCCCCCOc1ccc2[n-]c(=NN)sc2c1)CCCS(=O)(=O)O.[K+]. The van der Waals surface area contributed by atoms with Crippen LogP contribution in [0.25, 0.3) is 10.2 Å². The molecule has 2 rings (SSSR count). The summed E-state index contributed by atoms with van der Waals surface area (Å²) in [6.45, 7) is 2.94. The van der Waals surface area contributed by atoms with E-state index < -0.39 is 10.1 Å². The second-order valence-electron chi connectivity index (χ2n) is 9.51. The third-order valence-electron chi connectivity index (χ3n) is 6.47. The Bertz CT molecular complexity index is 1010. The van der Waals surface area contributed by atoms with Crippen LogP contribution in [-0.4, -0.2) is 25.3 Å². The molecule has 0 aliphatic carbocycles. The van der Waals surface area contributed by atoms with Crippen LogP contribution in [0.2, 0.25) is 0 Å². The number of aromatic nitrogens is 1. The van der Waals surface area contributed by atoms with Crippen molar-refractivity contribution in [2.24, 2.45) is 16.9 Å². The molecular weight excluding hydrogens is 522 g/mol. The zero-order valence-corrected chi connectivity index (χ0v) is 27.0. The number of fused-ring (bicyclic) bond motifs is 1. The fourth-order valence-electron chi connectivity index (χ4n) is 4.49. The van der Waals surface area contributed by atoms with E-state index in [4.69, 9.17) is 15.1 Å². The molecule has 0 fully saturated rings. The van der Waals surface area contributed by atoms with Gasteiger partial charge in [-0.15, -0.1) is 11.3 Å². The van der Waals surface area contributed by atoms with Gasteiger partial charge in [-0.3, -0.25) is 4.55 Å². The molecule has 1 aromatic carbocycles. The van der Waals surface area contributed by atoms with E-state index in [-0.39, 0.29) is 57.1 Å². The molecule has 3 N–H and O–H groups in total. The summed E-state index contributed by atoms with van der Waals surface area (Å²) < 4.78 is 38.1. The Balaban J connectivity index is 0.00000648. The normalized spacial score (nSPS) is 13.1. The molecule has 200 valence electrons. The van der Waals surface area contributed by atoms with Crippen LogP contribution < -0.4 is 71.7 Å². The molecule has 0 spiro atoms. The van der Waals surface area contributed by atoms with E-state index in [1.807, 2.05) is 18.2 Å². The van der Waals surface area contributed by atoms with Gasteiger partial charge in [0.15, 0.2) is 0 Å². The molecule has 1 unspecified atom stereocenters. The first-order valence-corrected chi connectivity index (χ1v) is 15.7. The van der Waals surface area contributed by atoms with Gasteiger partial charge in [0, 0.05) is 9.50 Å². The molecule has 1 aromatic heterocycles. The Morgan fingerprint density at radius 3 is 2.22 bits per heavy atom. The third-order valence-corrected chi connectivity index (χ3v) is 8.20. The Morgan fingerprint density at radius 1 is 0.972 bits per heavy atom. The minimum absolute atomic E-state index is 0. The number of hydrogen-bond acceptors (Lipinski definition) is 6. The molecule has 1 heterocycles. The molecule has 0 aliphatic heterocycles. The molecule has 10 heteroatoms. The molecule has 0 aliphatic rings. The summed E-state index contributed by atoms with van der Waals surface area (Å²) in [6, 6.07) is 5.87. The Hall–Kier alpha value is 0.0564. The maximum Gasteiger partial charge on any atom is 1.00 e. The second-order valence-corrected chi connectivity index (χ2v) is 12.1. The summed E-state index contributed by atoms with van der Waals surface area (Å²) in [6.07, 6.45) is 17.2. The number of benzene rings is 1. The van der Waals surface area contributed by atoms with Crippen molar-refractivity contribution in [3.63, 3.8) is 0 Å². The zero-order valence-electron chi connectivity index (χ0n) is 22.3. The van der Waals surface area contributed by atoms with Crippen LogP contribution in [0.5, 0.6) is 5.75 Å². The van der Waals surface area contributed by atoms with Gasteiger partial charge < -0.3 is 20.7 Å². The number of nitrogens with two attached hydrogens (primary N) is 1. The smallest absolute Gasteiger partial charge is 0.494 e. The summed E-state index contributed by atoms with van der Waals surface area (Å²) in [5, 5.41) is 3.64. The monoisotopic (exact) mass is 565 g/mol. The average Bonchev–Trinajstić information content (AvgIpc) is 3.24. The molecule has 1 atom stereocenters. The number of ether oxygens (including phenoxy) is 1. The van der Waals surface area contributed by atoms with E-state index in [1.54, 1.807) is 0 Å². The predicted molar refractivity (Wildman–Crippen MR) is 145 cm³/mol. The van der Waals surface area contributed by atoms with Crippen molar-refractivity contribution >= 4 is 31.7 Å². The molecule has 0 bridgehead atoms. The van der Waals surface area contributed by atoms with E-state index in [0.29, 0.717) is 23.7 Å². The van der Waals surface area contributed by atoms with Crippen molar-refractivity contribution < 1.29 is 69.1 Å². The maximum absolute atomic E-state index is 11.1. The Morgan fingerprint density at radius 2 is 1.58 bits per heavy atom. The van der Waals surface area contributed by atoms with Crippen LogP contribution in [0.4, 0.5) is 0 Å². The molecule has 0 amide bonds. The van der Waals surface area contributed by atoms with Crippen molar-refractivity contribution in [2.45, 2.75) is 103 Å². The number of rotatable bonds is 20. The van der Waals surface area contributed by atoms with Crippen molar-refractivity contribution in [2.75, 3.05) is 12.4 Å². The van der Waals surface area contributed by atoms with E-state index in [0.717, 1.165) is 41.6 Å². The minimum Gasteiger partial charge on any atom is -0.494 e. The summed E-state index contributed by atoms with van der Waals surface area (Å²) in [4.78, 5) is 4.89. The zero-order chi connectivity index (χ0) is 25.4. The van der Waals surface area contributed by atoms with Gasteiger partial charge >= 0.3 is 51.4 Å². The van der Waals surface area contributed by atoms with Gasteiger partial charge in [0.1, 0.15) is 5.75 Å². The minimum atomic E-state index is -3.85. The van der Waals surface area contributed by atoms with Crippen LogP contribution in [0.15, 0.2) is 23.3 Å². The van der Waals surface area contributed by atoms with Gasteiger partial charge in [0.25, 0.3) is 10.1 Å². The Kier molecular flexibility index (Phi) is 19.0. The quantitative estimate of drug-likeness (QED) is 0.0836. The first-order valence-electron chi connectivity index (χ1n) is 13.3. The average molecular weight is 566 g/mol. The number of unbranched alkanes of at least 4 members (excludes halogenated alkanes) is 9. The first-order chi connectivity index (χ1) is 16.9. The fourth-order valence-corrected chi connectivity index (χ4v) is 5.81. The second kappa shape index (κ2) is 20.0. The van der Waals surface area contributed by atoms with Gasteiger partial charge in [-0.25, -0.2) is 0 Å². The van der Waals surface area contributed by atoms with Crippen LogP contribution >= 0.6 is 11.3 Å². The molecule has 0 saturated heterocycles. The van der Waals surface area contributed by atoms with Crippen molar-refractivity contribution in [3.8, 4) is 5.75 Å². The largest absolute Gasteiger partial charge is 1.00 e. The molecular formula is C26H44KN3O4S2. The van der Waals surface area contributed by atoms with Gasteiger partial charge in [-0.05, 0) is 42.8 Å². The Labute approximate surface area is 264 Å². The number of hydrogen-bond donors (Lipinski definition) is 2. The fraction of sp³-hybridized carbons (Fsp3) is 0.731. The number of thiazole rings is 1. The molecule has 7 nitrogen and oxygen atoms in total. The number of nitrogens with zero attached hydrogens (tertiary/aromatic N) is 2. The molecule has 0 radical (unpaired) electrons. The van der Waals surface area contributed by atoms with E-state index >= 15 is 0 Å². The van der Waals surface area contributed by atoms with E-state index in [1.165, 1.54) is 75.5 Å². The van der Waals surface area contributed by atoms with Gasteiger partial charge in [-0.2, -0.15) is 8.42 Å². The molecule has 36 heavy (non-hydrogen) atoms. The van der Waals surface area contributed by atoms with Crippen LogP contribution in [0.1, 0.15) is 103 Å². The van der Waals surface area contributed by atoms with E-state index in [2.05, 4.69) is 17.0 Å².